The zero-order valence-electron chi connectivity index (χ0n) is 16.3. The Hall–Kier alpha value is -1.46. The molecular formula is C20H31ClN2O3. The van der Waals surface area contributed by atoms with Crippen LogP contribution in [0, 0.1) is 5.41 Å². The number of hydrogen-bond acceptors (Lipinski definition) is 4. The first-order valence-electron chi connectivity index (χ1n) is 9.44. The van der Waals surface area contributed by atoms with Crippen molar-refractivity contribution in [3.05, 3.63) is 22.7 Å². The maximum Gasteiger partial charge on any atom is 0.254 e. The Bertz CT molecular complexity index is 634. The quantitative estimate of drug-likeness (QED) is 0.720. The van der Waals surface area contributed by atoms with Gasteiger partial charge in [0.25, 0.3) is 5.91 Å². The smallest absolute Gasteiger partial charge is 0.254 e. The van der Waals surface area contributed by atoms with Gasteiger partial charge in [-0.1, -0.05) is 38.8 Å². The summed E-state index contributed by atoms with van der Waals surface area (Å²) in [5.74, 6) is 0.986. The molecule has 6 heteroatoms. The van der Waals surface area contributed by atoms with Crippen molar-refractivity contribution >= 4 is 17.5 Å². The van der Waals surface area contributed by atoms with E-state index in [9.17, 15) is 4.79 Å². The van der Waals surface area contributed by atoms with Gasteiger partial charge in [-0.2, -0.15) is 0 Å². The number of halogens is 1. The molecule has 2 N–H and O–H groups in total. The monoisotopic (exact) mass is 382 g/mol. The standard InChI is InChI=1S/C20H31ClN2O3/c1-5-7-10-26-18-15(21)11-14(12-16(18)25-6-2)19(24)23-9-8-17(22)20(3,4)13-23/h11-12,17H,5-10,13,22H2,1-4H3. The first-order valence-corrected chi connectivity index (χ1v) is 9.82. The van der Waals surface area contributed by atoms with Gasteiger partial charge in [-0.25, -0.2) is 0 Å². The number of piperidine rings is 1. The number of carbonyl (C=O) groups is 1. The summed E-state index contributed by atoms with van der Waals surface area (Å²) in [5.41, 5.74) is 6.60. The molecule has 1 amide bonds. The van der Waals surface area contributed by atoms with Crippen molar-refractivity contribution in [2.45, 2.75) is 53.0 Å². The minimum Gasteiger partial charge on any atom is -0.490 e. The highest BCUT2D eigenvalue weighted by molar-refractivity contribution is 6.32. The van der Waals surface area contributed by atoms with Gasteiger partial charge in [-0.05, 0) is 37.3 Å². The van der Waals surface area contributed by atoms with Gasteiger partial charge in [0.05, 0.1) is 18.2 Å². The van der Waals surface area contributed by atoms with Crippen LogP contribution in [0.1, 0.15) is 57.3 Å². The van der Waals surface area contributed by atoms with E-state index in [1.165, 1.54) is 0 Å². The second-order valence-electron chi connectivity index (χ2n) is 7.53. The van der Waals surface area contributed by atoms with Gasteiger partial charge in [0, 0.05) is 24.7 Å². The number of nitrogens with zero attached hydrogens (tertiary/aromatic N) is 1. The second-order valence-corrected chi connectivity index (χ2v) is 7.94. The fourth-order valence-electron chi connectivity index (χ4n) is 3.14. The Labute approximate surface area is 161 Å². The fraction of sp³-hybridized carbons (Fsp3) is 0.650. The zero-order chi connectivity index (χ0) is 19.3. The molecule has 1 aromatic carbocycles. The molecule has 0 saturated carbocycles. The first-order chi connectivity index (χ1) is 12.3. The third-order valence-corrected chi connectivity index (χ3v) is 5.18. The lowest BCUT2D eigenvalue weighted by Crippen LogP contribution is -2.54. The summed E-state index contributed by atoms with van der Waals surface area (Å²) < 4.78 is 11.5. The lowest BCUT2D eigenvalue weighted by Gasteiger charge is -2.42. The maximum atomic E-state index is 13.0. The van der Waals surface area contributed by atoms with Gasteiger partial charge in [-0.15, -0.1) is 0 Å². The highest BCUT2D eigenvalue weighted by Crippen LogP contribution is 2.38. The Kier molecular flexibility index (Phi) is 7.18. The van der Waals surface area contributed by atoms with Crippen molar-refractivity contribution in [2.24, 2.45) is 11.1 Å². The van der Waals surface area contributed by atoms with Gasteiger partial charge in [0.1, 0.15) is 0 Å². The summed E-state index contributed by atoms with van der Waals surface area (Å²) in [7, 11) is 0. The van der Waals surface area contributed by atoms with Crippen LogP contribution < -0.4 is 15.2 Å². The molecule has 1 aliphatic heterocycles. The number of nitrogens with two attached hydrogens (primary N) is 1. The van der Waals surface area contributed by atoms with E-state index in [4.69, 9.17) is 26.8 Å². The molecule has 26 heavy (non-hydrogen) atoms. The molecule has 1 unspecified atom stereocenters. The number of likely N-dealkylation sites (tertiary alicyclic amines) is 1. The van der Waals surface area contributed by atoms with Gasteiger partial charge in [-0.3, -0.25) is 4.79 Å². The summed E-state index contributed by atoms with van der Waals surface area (Å²) in [6.07, 6.45) is 2.76. The number of rotatable bonds is 7. The zero-order valence-corrected chi connectivity index (χ0v) is 17.1. The van der Waals surface area contributed by atoms with Crippen molar-refractivity contribution in [3.8, 4) is 11.5 Å². The molecule has 0 spiro atoms. The predicted molar refractivity (Wildman–Crippen MR) is 105 cm³/mol. The number of amides is 1. The molecule has 1 heterocycles. The van der Waals surface area contributed by atoms with E-state index in [1.807, 2.05) is 11.8 Å². The average Bonchev–Trinajstić information content (AvgIpc) is 2.59. The molecule has 5 nitrogen and oxygen atoms in total. The van der Waals surface area contributed by atoms with Crippen molar-refractivity contribution in [3.63, 3.8) is 0 Å². The second kappa shape index (κ2) is 8.96. The van der Waals surface area contributed by atoms with Crippen LogP contribution in [0.5, 0.6) is 11.5 Å². The lowest BCUT2D eigenvalue weighted by molar-refractivity contribution is 0.0532. The predicted octanol–water partition coefficient (Wildman–Crippen LogP) is 4.12. The molecule has 0 radical (unpaired) electrons. The summed E-state index contributed by atoms with van der Waals surface area (Å²) in [6.45, 7) is 10.5. The number of benzene rings is 1. The lowest BCUT2D eigenvalue weighted by atomic mass is 9.79. The molecule has 146 valence electrons. The molecule has 2 rings (SSSR count). The largest absolute Gasteiger partial charge is 0.490 e. The van der Waals surface area contributed by atoms with E-state index in [0.717, 1.165) is 19.3 Å². The van der Waals surface area contributed by atoms with Crippen molar-refractivity contribution in [2.75, 3.05) is 26.3 Å². The van der Waals surface area contributed by atoms with Gasteiger partial charge < -0.3 is 20.1 Å². The Morgan fingerprint density at radius 3 is 2.69 bits per heavy atom. The number of carbonyl (C=O) groups excluding carboxylic acids is 1. The first kappa shape index (κ1) is 20.8. The van der Waals surface area contributed by atoms with E-state index >= 15 is 0 Å². The molecular weight excluding hydrogens is 352 g/mol. The van der Waals surface area contributed by atoms with Crippen LogP contribution in [0.15, 0.2) is 12.1 Å². The van der Waals surface area contributed by atoms with E-state index in [-0.39, 0.29) is 17.4 Å². The van der Waals surface area contributed by atoms with Crippen LogP contribution in [0.3, 0.4) is 0 Å². The highest BCUT2D eigenvalue weighted by atomic mass is 35.5. The van der Waals surface area contributed by atoms with Crippen LogP contribution in [-0.4, -0.2) is 43.2 Å². The molecule has 0 aliphatic carbocycles. The summed E-state index contributed by atoms with van der Waals surface area (Å²) in [5, 5.41) is 0.406. The minimum absolute atomic E-state index is 0.0482. The molecule has 0 bridgehead atoms. The number of ether oxygens (including phenoxy) is 2. The van der Waals surface area contributed by atoms with Crippen LogP contribution >= 0.6 is 11.6 Å². The molecule has 1 atom stereocenters. The summed E-state index contributed by atoms with van der Waals surface area (Å²) in [4.78, 5) is 14.9. The van der Waals surface area contributed by atoms with Crippen molar-refractivity contribution in [1.29, 1.82) is 0 Å². The van der Waals surface area contributed by atoms with Gasteiger partial charge >= 0.3 is 0 Å². The Morgan fingerprint density at radius 1 is 1.35 bits per heavy atom. The average molecular weight is 383 g/mol. The Morgan fingerprint density at radius 2 is 2.08 bits per heavy atom. The Balaban J connectivity index is 2.24. The summed E-state index contributed by atoms with van der Waals surface area (Å²) >= 11 is 6.42. The highest BCUT2D eigenvalue weighted by Gasteiger charge is 2.35. The fourth-order valence-corrected chi connectivity index (χ4v) is 3.41. The van der Waals surface area contributed by atoms with Crippen molar-refractivity contribution in [1.82, 2.24) is 4.90 Å². The third-order valence-electron chi connectivity index (χ3n) is 4.90. The van der Waals surface area contributed by atoms with E-state index < -0.39 is 0 Å². The molecule has 1 aliphatic rings. The SMILES string of the molecule is CCCCOc1c(Cl)cc(C(=O)N2CCC(N)C(C)(C)C2)cc1OCC. The van der Waals surface area contributed by atoms with Crippen molar-refractivity contribution < 1.29 is 14.3 Å². The topological polar surface area (TPSA) is 64.8 Å². The molecule has 1 fully saturated rings. The maximum absolute atomic E-state index is 13.0. The molecule has 0 aromatic heterocycles. The number of unbranched alkanes of at least 4 members (excludes halogenated alkanes) is 1. The van der Waals surface area contributed by atoms with Crippen LogP contribution in [0.2, 0.25) is 5.02 Å². The van der Waals surface area contributed by atoms with E-state index in [1.54, 1.807) is 12.1 Å². The molecule has 1 saturated heterocycles. The molecule has 1 aromatic rings. The van der Waals surface area contributed by atoms with Crippen LogP contribution in [-0.2, 0) is 0 Å². The third kappa shape index (κ3) is 4.83. The number of hydrogen-bond donors (Lipinski definition) is 1. The normalized spacial score (nSPS) is 19.3. The minimum atomic E-state index is -0.107. The van der Waals surface area contributed by atoms with Crippen LogP contribution in [0.25, 0.3) is 0 Å². The van der Waals surface area contributed by atoms with E-state index in [2.05, 4.69) is 20.8 Å². The van der Waals surface area contributed by atoms with Crippen LogP contribution in [0.4, 0.5) is 0 Å². The van der Waals surface area contributed by atoms with Gasteiger partial charge in [0.2, 0.25) is 0 Å². The van der Waals surface area contributed by atoms with E-state index in [0.29, 0.717) is 48.4 Å². The van der Waals surface area contributed by atoms with Gasteiger partial charge in [0.15, 0.2) is 11.5 Å². The summed E-state index contributed by atoms with van der Waals surface area (Å²) in [6, 6.07) is 3.51.